The number of carbonyl (C=O) groups is 1. The van der Waals surface area contributed by atoms with Gasteiger partial charge in [-0.3, -0.25) is 9.69 Å². The quantitative estimate of drug-likeness (QED) is 0.808. The molecule has 0 fully saturated rings. The fourth-order valence-corrected chi connectivity index (χ4v) is 2.19. The molecule has 2 unspecified atom stereocenters. The molecule has 2 atom stereocenters. The van der Waals surface area contributed by atoms with Gasteiger partial charge in [0, 0.05) is 0 Å². The van der Waals surface area contributed by atoms with E-state index >= 15 is 0 Å². The summed E-state index contributed by atoms with van der Waals surface area (Å²) in [6.07, 6.45) is 1.67. The molecule has 0 spiro atoms. The van der Waals surface area contributed by atoms with E-state index in [-0.39, 0.29) is 24.3 Å². The third-order valence-corrected chi connectivity index (χ3v) is 3.56. The molecule has 1 aromatic rings. The van der Waals surface area contributed by atoms with Crippen molar-refractivity contribution in [3.8, 4) is 0 Å². The molecule has 0 saturated heterocycles. The van der Waals surface area contributed by atoms with E-state index in [0.717, 1.165) is 12.8 Å². The molecule has 2 N–H and O–H groups in total. The van der Waals surface area contributed by atoms with Gasteiger partial charge in [-0.2, -0.15) is 0 Å². The highest BCUT2D eigenvalue weighted by molar-refractivity contribution is 5.81. The monoisotopic (exact) mass is 296 g/mol. The highest BCUT2D eigenvalue weighted by Crippen LogP contribution is 2.20. The molecular weight excluding hydrogens is 271 g/mol. The van der Waals surface area contributed by atoms with Crippen LogP contribution in [-0.2, 0) is 10.4 Å². The summed E-state index contributed by atoms with van der Waals surface area (Å²) < 4.78 is 12.9. The molecule has 1 aromatic carbocycles. The van der Waals surface area contributed by atoms with Crippen LogP contribution < -0.4 is 5.32 Å². The summed E-state index contributed by atoms with van der Waals surface area (Å²) in [5, 5.41) is 13.2. The van der Waals surface area contributed by atoms with Crippen molar-refractivity contribution in [3.05, 3.63) is 35.6 Å². The van der Waals surface area contributed by atoms with Crippen LogP contribution in [0.2, 0.25) is 0 Å². The highest BCUT2D eigenvalue weighted by Gasteiger charge is 2.26. The maximum atomic E-state index is 12.9. The maximum absolute atomic E-state index is 12.9. The molecule has 5 heteroatoms. The number of nitrogens with one attached hydrogen (secondary N) is 1. The fourth-order valence-electron chi connectivity index (χ4n) is 2.19. The number of likely N-dealkylation sites (N-methyl/N-ethyl adjacent to an activating group) is 1. The number of nitrogens with zero attached hydrogens (tertiary/aromatic N) is 1. The Morgan fingerprint density at radius 1 is 1.38 bits per heavy atom. The second-order valence-corrected chi connectivity index (χ2v) is 5.77. The number of hydrogen-bond donors (Lipinski definition) is 2. The second-order valence-electron chi connectivity index (χ2n) is 5.77. The number of aliphatic hydroxyl groups is 1. The Balaban J connectivity index is 2.67. The van der Waals surface area contributed by atoms with Crippen LogP contribution in [-0.4, -0.2) is 42.6 Å². The Kier molecular flexibility index (Phi) is 6.30. The molecule has 0 saturated carbocycles. The van der Waals surface area contributed by atoms with Gasteiger partial charge in [-0.05, 0) is 45.1 Å². The number of carbonyl (C=O) groups excluding carboxylic acids is 1. The van der Waals surface area contributed by atoms with Crippen LogP contribution in [0.25, 0.3) is 0 Å². The molecule has 0 aliphatic rings. The lowest BCUT2D eigenvalue weighted by Gasteiger charge is -2.27. The largest absolute Gasteiger partial charge is 0.384 e. The molecule has 0 aliphatic carbocycles. The van der Waals surface area contributed by atoms with Gasteiger partial charge >= 0.3 is 0 Å². The average Bonchev–Trinajstić information content (AvgIpc) is 2.42. The SMILES string of the molecule is CCCC(C(=O)NCC(C)(O)c1ccc(F)cc1)N(C)C. The molecule has 0 radical (unpaired) electrons. The first-order valence-corrected chi connectivity index (χ1v) is 7.20. The van der Waals surface area contributed by atoms with Crippen LogP contribution in [0.1, 0.15) is 32.3 Å². The fraction of sp³-hybridized carbons (Fsp3) is 0.562. The summed E-state index contributed by atoms with van der Waals surface area (Å²) in [4.78, 5) is 14.0. The smallest absolute Gasteiger partial charge is 0.237 e. The van der Waals surface area contributed by atoms with Crippen molar-refractivity contribution in [2.24, 2.45) is 0 Å². The van der Waals surface area contributed by atoms with E-state index in [4.69, 9.17) is 0 Å². The maximum Gasteiger partial charge on any atom is 0.237 e. The predicted octanol–water partition coefficient (Wildman–Crippen LogP) is 1.88. The Morgan fingerprint density at radius 2 is 1.95 bits per heavy atom. The van der Waals surface area contributed by atoms with Gasteiger partial charge in [-0.1, -0.05) is 25.5 Å². The number of hydrogen-bond acceptors (Lipinski definition) is 3. The molecule has 1 amide bonds. The summed E-state index contributed by atoms with van der Waals surface area (Å²) in [6, 6.07) is 5.43. The minimum Gasteiger partial charge on any atom is -0.384 e. The summed E-state index contributed by atoms with van der Waals surface area (Å²) in [5.41, 5.74) is -0.659. The van der Waals surface area contributed by atoms with E-state index in [1.165, 1.54) is 24.3 Å². The van der Waals surface area contributed by atoms with Crippen molar-refractivity contribution in [3.63, 3.8) is 0 Å². The van der Waals surface area contributed by atoms with Crippen LogP contribution in [0.4, 0.5) is 4.39 Å². The van der Waals surface area contributed by atoms with E-state index < -0.39 is 5.60 Å². The van der Waals surface area contributed by atoms with Gasteiger partial charge in [-0.25, -0.2) is 4.39 Å². The third kappa shape index (κ3) is 5.10. The van der Waals surface area contributed by atoms with E-state index in [9.17, 15) is 14.3 Å². The summed E-state index contributed by atoms with van der Waals surface area (Å²) in [5.74, 6) is -0.460. The lowest BCUT2D eigenvalue weighted by molar-refractivity contribution is -0.127. The first-order chi connectivity index (χ1) is 9.77. The molecule has 1 rings (SSSR count). The van der Waals surface area contributed by atoms with E-state index in [0.29, 0.717) is 5.56 Å². The van der Waals surface area contributed by atoms with Gasteiger partial charge in [0.2, 0.25) is 5.91 Å². The van der Waals surface area contributed by atoms with Crippen LogP contribution in [0.5, 0.6) is 0 Å². The van der Waals surface area contributed by atoms with Gasteiger partial charge < -0.3 is 10.4 Å². The zero-order valence-corrected chi connectivity index (χ0v) is 13.2. The standard InChI is InChI=1S/C16H25FN2O2/c1-5-6-14(19(3)4)15(20)18-11-16(2,21)12-7-9-13(17)10-8-12/h7-10,14,21H,5-6,11H2,1-4H3,(H,18,20). The minimum absolute atomic E-state index is 0.0888. The first-order valence-electron chi connectivity index (χ1n) is 7.20. The Labute approximate surface area is 126 Å². The van der Waals surface area contributed by atoms with Crippen molar-refractivity contribution in [1.29, 1.82) is 0 Å². The van der Waals surface area contributed by atoms with Crippen molar-refractivity contribution in [2.45, 2.75) is 38.3 Å². The zero-order valence-electron chi connectivity index (χ0n) is 13.2. The Morgan fingerprint density at radius 3 is 2.43 bits per heavy atom. The molecule has 4 nitrogen and oxygen atoms in total. The number of amides is 1. The third-order valence-electron chi connectivity index (χ3n) is 3.56. The Bertz CT molecular complexity index is 458. The topological polar surface area (TPSA) is 52.6 Å². The van der Waals surface area contributed by atoms with Gasteiger partial charge in [0.15, 0.2) is 0 Å². The number of halogens is 1. The van der Waals surface area contributed by atoms with Gasteiger partial charge in [0.25, 0.3) is 0 Å². The molecule has 118 valence electrons. The van der Waals surface area contributed by atoms with Crippen LogP contribution in [0.3, 0.4) is 0 Å². The van der Waals surface area contributed by atoms with Crippen LogP contribution >= 0.6 is 0 Å². The average molecular weight is 296 g/mol. The van der Waals surface area contributed by atoms with Crippen LogP contribution in [0, 0.1) is 5.82 Å². The zero-order chi connectivity index (χ0) is 16.0. The molecule has 0 aliphatic heterocycles. The number of benzene rings is 1. The first kappa shape index (κ1) is 17.6. The normalized spacial score (nSPS) is 15.6. The molecule has 0 bridgehead atoms. The highest BCUT2D eigenvalue weighted by atomic mass is 19.1. The van der Waals surface area contributed by atoms with E-state index in [2.05, 4.69) is 5.32 Å². The summed E-state index contributed by atoms with van der Waals surface area (Å²) in [6.45, 7) is 3.72. The molecule has 21 heavy (non-hydrogen) atoms. The van der Waals surface area contributed by atoms with Crippen molar-refractivity contribution >= 4 is 5.91 Å². The summed E-state index contributed by atoms with van der Waals surface area (Å²) >= 11 is 0. The predicted molar refractivity (Wildman–Crippen MR) is 81.4 cm³/mol. The lowest BCUT2D eigenvalue weighted by Crippen LogP contribution is -2.47. The Hall–Kier alpha value is -1.46. The molecular formula is C16H25FN2O2. The minimum atomic E-state index is -1.23. The van der Waals surface area contributed by atoms with E-state index in [1.54, 1.807) is 6.92 Å². The van der Waals surface area contributed by atoms with Gasteiger partial charge in [-0.15, -0.1) is 0 Å². The van der Waals surface area contributed by atoms with Crippen molar-refractivity contribution in [1.82, 2.24) is 10.2 Å². The lowest BCUT2D eigenvalue weighted by atomic mass is 9.96. The van der Waals surface area contributed by atoms with Crippen molar-refractivity contribution < 1.29 is 14.3 Å². The van der Waals surface area contributed by atoms with E-state index in [1.807, 2.05) is 25.9 Å². The van der Waals surface area contributed by atoms with Crippen LogP contribution in [0.15, 0.2) is 24.3 Å². The number of rotatable bonds is 7. The second kappa shape index (κ2) is 7.52. The summed E-state index contributed by atoms with van der Waals surface area (Å²) in [7, 11) is 3.72. The van der Waals surface area contributed by atoms with Gasteiger partial charge in [0.1, 0.15) is 11.4 Å². The van der Waals surface area contributed by atoms with Crippen molar-refractivity contribution in [2.75, 3.05) is 20.6 Å². The molecule has 0 aromatic heterocycles. The molecule has 0 heterocycles. The van der Waals surface area contributed by atoms with Gasteiger partial charge in [0.05, 0.1) is 12.6 Å².